The molecule has 7 nitrogen and oxygen atoms in total. The van der Waals surface area contributed by atoms with Gasteiger partial charge in [-0.05, 0) is 31.9 Å². The Morgan fingerprint density at radius 1 is 1.06 bits per heavy atom. The van der Waals surface area contributed by atoms with Crippen LogP contribution in [0.1, 0.15) is 42.5 Å². The normalized spacial score (nSPS) is 13.8. The molecule has 2 aromatic carbocycles. The van der Waals surface area contributed by atoms with Crippen LogP contribution >= 0.6 is 0 Å². The van der Waals surface area contributed by atoms with Crippen LogP contribution in [0.2, 0.25) is 0 Å². The molecule has 7 heteroatoms. The first-order valence-electron chi connectivity index (χ1n) is 11.5. The van der Waals surface area contributed by atoms with E-state index in [1.807, 2.05) is 30.1 Å². The van der Waals surface area contributed by atoms with Gasteiger partial charge in [0.05, 0.1) is 26.5 Å². The SMILES string of the molecule is COc1ccc(CN(Cc2c(-c3ccc(C)cc3)nnn2C)C(=O)C2CCCC2)c(OC)c1. The zero-order chi connectivity index (χ0) is 23.4. The molecule has 0 N–H and O–H groups in total. The highest BCUT2D eigenvalue weighted by Gasteiger charge is 2.29. The number of nitrogens with zero attached hydrogens (tertiary/aromatic N) is 4. The van der Waals surface area contributed by atoms with Crippen molar-refractivity contribution in [2.45, 2.75) is 45.7 Å². The third-order valence-electron chi connectivity index (χ3n) is 6.48. The number of amides is 1. The van der Waals surface area contributed by atoms with E-state index in [2.05, 4.69) is 41.5 Å². The quantitative estimate of drug-likeness (QED) is 0.507. The van der Waals surface area contributed by atoms with Crippen molar-refractivity contribution in [3.05, 3.63) is 59.3 Å². The molecule has 0 aliphatic heterocycles. The minimum atomic E-state index is 0.0678. The summed E-state index contributed by atoms with van der Waals surface area (Å²) in [6.07, 6.45) is 4.11. The molecule has 1 saturated carbocycles. The molecule has 3 aromatic rings. The second-order valence-electron chi connectivity index (χ2n) is 8.73. The van der Waals surface area contributed by atoms with Crippen LogP contribution in [0.3, 0.4) is 0 Å². The van der Waals surface area contributed by atoms with Gasteiger partial charge in [-0.1, -0.05) is 47.9 Å². The lowest BCUT2D eigenvalue weighted by Crippen LogP contribution is -2.35. The fourth-order valence-corrected chi connectivity index (χ4v) is 4.50. The van der Waals surface area contributed by atoms with Gasteiger partial charge >= 0.3 is 0 Å². The Hall–Kier alpha value is -3.35. The highest BCUT2D eigenvalue weighted by atomic mass is 16.5. The van der Waals surface area contributed by atoms with Crippen LogP contribution in [0.25, 0.3) is 11.3 Å². The Labute approximate surface area is 195 Å². The lowest BCUT2D eigenvalue weighted by atomic mass is 10.0. The third kappa shape index (κ3) is 5.02. The van der Waals surface area contributed by atoms with Crippen molar-refractivity contribution in [3.8, 4) is 22.8 Å². The van der Waals surface area contributed by atoms with Crippen molar-refractivity contribution in [2.24, 2.45) is 13.0 Å². The maximum atomic E-state index is 13.6. The lowest BCUT2D eigenvalue weighted by molar-refractivity contribution is -0.136. The number of methoxy groups -OCH3 is 2. The first kappa shape index (κ1) is 22.8. The summed E-state index contributed by atoms with van der Waals surface area (Å²) in [7, 11) is 5.15. The van der Waals surface area contributed by atoms with E-state index in [9.17, 15) is 4.79 Å². The molecule has 1 aliphatic rings. The molecule has 1 amide bonds. The molecule has 33 heavy (non-hydrogen) atoms. The van der Waals surface area contributed by atoms with Crippen LogP contribution in [0.5, 0.6) is 11.5 Å². The first-order valence-corrected chi connectivity index (χ1v) is 11.5. The van der Waals surface area contributed by atoms with Crippen molar-refractivity contribution < 1.29 is 14.3 Å². The first-order chi connectivity index (χ1) is 16.0. The maximum Gasteiger partial charge on any atom is 0.226 e. The molecule has 0 saturated heterocycles. The van der Waals surface area contributed by atoms with Crippen LogP contribution < -0.4 is 9.47 Å². The Morgan fingerprint density at radius 3 is 2.45 bits per heavy atom. The summed E-state index contributed by atoms with van der Waals surface area (Å²) in [6.45, 7) is 2.93. The molecule has 0 atom stereocenters. The Morgan fingerprint density at radius 2 is 1.79 bits per heavy atom. The summed E-state index contributed by atoms with van der Waals surface area (Å²) in [4.78, 5) is 15.5. The highest BCUT2D eigenvalue weighted by Crippen LogP contribution is 2.31. The third-order valence-corrected chi connectivity index (χ3v) is 6.48. The predicted molar refractivity (Wildman–Crippen MR) is 127 cm³/mol. The van der Waals surface area contributed by atoms with Crippen LogP contribution in [0.4, 0.5) is 0 Å². The van der Waals surface area contributed by atoms with E-state index in [1.54, 1.807) is 18.9 Å². The van der Waals surface area contributed by atoms with Crippen LogP contribution in [0.15, 0.2) is 42.5 Å². The number of carbonyl (C=O) groups excluding carboxylic acids is 1. The number of ether oxygens (including phenoxy) is 2. The van der Waals surface area contributed by atoms with Crippen LogP contribution in [-0.4, -0.2) is 40.0 Å². The Balaban J connectivity index is 1.67. The summed E-state index contributed by atoms with van der Waals surface area (Å²) in [6, 6.07) is 14.0. The minimum Gasteiger partial charge on any atom is -0.497 e. The van der Waals surface area contributed by atoms with E-state index in [-0.39, 0.29) is 11.8 Å². The van der Waals surface area contributed by atoms with Crippen molar-refractivity contribution in [1.82, 2.24) is 19.9 Å². The van der Waals surface area contributed by atoms with Gasteiger partial charge < -0.3 is 14.4 Å². The molecule has 0 unspecified atom stereocenters. The van der Waals surface area contributed by atoms with E-state index in [4.69, 9.17) is 9.47 Å². The molecule has 1 fully saturated rings. The number of rotatable bonds is 8. The van der Waals surface area contributed by atoms with Gasteiger partial charge in [0.15, 0.2) is 0 Å². The van der Waals surface area contributed by atoms with Gasteiger partial charge in [-0.25, -0.2) is 4.68 Å². The maximum absolute atomic E-state index is 13.6. The molecule has 0 radical (unpaired) electrons. The van der Waals surface area contributed by atoms with Gasteiger partial charge in [-0.15, -0.1) is 5.10 Å². The number of carbonyl (C=O) groups is 1. The van der Waals surface area contributed by atoms with Crippen molar-refractivity contribution in [2.75, 3.05) is 14.2 Å². The summed E-state index contributed by atoms with van der Waals surface area (Å²) in [5, 5.41) is 8.70. The van der Waals surface area contributed by atoms with E-state index in [0.29, 0.717) is 18.8 Å². The van der Waals surface area contributed by atoms with Crippen molar-refractivity contribution in [3.63, 3.8) is 0 Å². The number of hydrogen-bond acceptors (Lipinski definition) is 5. The monoisotopic (exact) mass is 448 g/mol. The van der Waals surface area contributed by atoms with E-state index < -0.39 is 0 Å². The highest BCUT2D eigenvalue weighted by molar-refractivity contribution is 5.79. The van der Waals surface area contributed by atoms with E-state index in [0.717, 1.165) is 53.9 Å². The van der Waals surface area contributed by atoms with Crippen molar-refractivity contribution in [1.29, 1.82) is 0 Å². The Kier molecular flexibility index (Phi) is 6.96. The molecule has 0 bridgehead atoms. The molecular formula is C26H32N4O3. The van der Waals surface area contributed by atoms with Gasteiger partial charge in [0.2, 0.25) is 5.91 Å². The standard InChI is InChI=1S/C26H32N4O3/c1-18-9-11-19(12-10-18)25-23(29(2)28-27-25)17-30(26(31)20-7-5-6-8-20)16-21-13-14-22(32-3)15-24(21)33-4/h9-15,20H,5-8,16-17H2,1-4H3. The van der Waals surface area contributed by atoms with Gasteiger partial charge in [-0.2, -0.15) is 0 Å². The van der Waals surface area contributed by atoms with E-state index >= 15 is 0 Å². The molecule has 4 rings (SSSR count). The fourth-order valence-electron chi connectivity index (χ4n) is 4.50. The molecule has 1 aliphatic carbocycles. The largest absolute Gasteiger partial charge is 0.497 e. The number of aryl methyl sites for hydroxylation is 2. The molecule has 0 spiro atoms. The molecule has 174 valence electrons. The van der Waals surface area contributed by atoms with Crippen LogP contribution in [-0.2, 0) is 24.9 Å². The number of aromatic nitrogens is 3. The average Bonchev–Trinajstić information content (AvgIpc) is 3.49. The smallest absolute Gasteiger partial charge is 0.226 e. The zero-order valence-corrected chi connectivity index (χ0v) is 19.9. The van der Waals surface area contributed by atoms with Gasteiger partial charge in [0, 0.05) is 36.7 Å². The molecule has 1 heterocycles. The lowest BCUT2D eigenvalue weighted by Gasteiger charge is -2.27. The van der Waals surface area contributed by atoms with Gasteiger partial charge in [0.1, 0.15) is 17.2 Å². The zero-order valence-electron chi connectivity index (χ0n) is 19.9. The predicted octanol–water partition coefficient (Wildman–Crippen LogP) is 4.53. The summed E-state index contributed by atoms with van der Waals surface area (Å²) >= 11 is 0. The topological polar surface area (TPSA) is 69.5 Å². The second-order valence-corrected chi connectivity index (χ2v) is 8.73. The number of hydrogen-bond donors (Lipinski definition) is 0. The van der Waals surface area contributed by atoms with Crippen LogP contribution in [0, 0.1) is 12.8 Å². The minimum absolute atomic E-state index is 0.0678. The molecule has 1 aromatic heterocycles. The number of benzene rings is 2. The Bertz CT molecular complexity index is 1100. The van der Waals surface area contributed by atoms with Gasteiger partial charge in [-0.3, -0.25) is 4.79 Å². The summed E-state index contributed by atoms with van der Waals surface area (Å²) in [5.41, 5.74) is 4.85. The fraction of sp³-hybridized carbons (Fsp3) is 0.423. The molecular weight excluding hydrogens is 416 g/mol. The summed E-state index contributed by atoms with van der Waals surface area (Å²) in [5.74, 6) is 1.68. The van der Waals surface area contributed by atoms with E-state index in [1.165, 1.54) is 5.56 Å². The summed E-state index contributed by atoms with van der Waals surface area (Å²) < 4.78 is 12.7. The van der Waals surface area contributed by atoms with Crippen molar-refractivity contribution >= 4 is 5.91 Å². The second kappa shape index (κ2) is 10.1. The average molecular weight is 449 g/mol. The van der Waals surface area contributed by atoms with Gasteiger partial charge in [0.25, 0.3) is 0 Å².